The third kappa shape index (κ3) is 3.70. The van der Waals surface area contributed by atoms with Gasteiger partial charge in [0, 0.05) is 5.69 Å². The predicted molar refractivity (Wildman–Crippen MR) is 104 cm³/mol. The molecule has 0 amide bonds. The van der Waals surface area contributed by atoms with Gasteiger partial charge in [0.25, 0.3) is 0 Å². The average molecular weight is 340 g/mol. The first kappa shape index (κ1) is 16.8. The van der Waals surface area contributed by atoms with Gasteiger partial charge in [-0.3, -0.25) is 0 Å². The van der Waals surface area contributed by atoms with Crippen molar-refractivity contribution in [1.29, 1.82) is 0 Å². The van der Waals surface area contributed by atoms with Crippen LogP contribution in [0.15, 0.2) is 36.4 Å². The molecule has 0 aromatic heterocycles. The molecular formula is C20H24N2OS. The van der Waals surface area contributed by atoms with Gasteiger partial charge < -0.3 is 15.4 Å². The molecule has 2 N–H and O–H groups in total. The van der Waals surface area contributed by atoms with Crippen molar-refractivity contribution < 1.29 is 4.74 Å². The second-order valence-corrected chi connectivity index (χ2v) is 6.83. The number of ether oxygens (including phenoxy) is 1. The quantitative estimate of drug-likeness (QED) is 0.795. The number of anilines is 1. The molecule has 0 spiro atoms. The standard InChI is InChI=1S/C20H24N2OS/c1-13-7-10-18(14(2)11-13)21-20(24)22-19-6-4-5-15-12-16(23-3)8-9-17(15)19/h7-12,19H,4-6H2,1-3H3,(H2,21,22,24)/t19-/m0/s1. The third-order valence-electron chi connectivity index (χ3n) is 4.60. The largest absolute Gasteiger partial charge is 0.497 e. The Kier molecular flexibility index (Phi) is 5.05. The van der Waals surface area contributed by atoms with Crippen LogP contribution in [-0.2, 0) is 6.42 Å². The molecule has 2 aromatic carbocycles. The SMILES string of the molecule is COc1ccc2c(c1)CCC[C@@H]2NC(=S)Nc1ccc(C)cc1C. The highest BCUT2D eigenvalue weighted by atomic mass is 32.1. The average Bonchev–Trinajstić information content (AvgIpc) is 2.57. The molecule has 1 aliphatic carbocycles. The van der Waals surface area contributed by atoms with Gasteiger partial charge in [0.1, 0.15) is 5.75 Å². The van der Waals surface area contributed by atoms with E-state index >= 15 is 0 Å². The Labute approximate surface area is 149 Å². The molecule has 3 nitrogen and oxygen atoms in total. The Morgan fingerprint density at radius 2 is 2.00 bits per heavy atom. The van der Waals surface area contributed by atoms with Gasteiger partial charge in [-0.1, -0.05) is 23.8 Å². The van der Waals surface area contributed by atoms with Crippen molar-refractivity contribution in [2.24, 2.45) is 0 Å². The molecule has 0 heterocycles. The van der Waals surface area contributed by atoms with Gasteiger partial charge in [-0.05, 0) is 80.2 Å². The monoisotopic (exact) mass is 340 g/mol. The van der Waals surface area contributed by atoms with Crippen LogP contribution in [0.4, 0.5) is 5.69 Å². The molecular weight excluding hydrogens is 316 g/mol. The summed E-state index contributed by atoms with van der Waals surface area (Å²) in [6, 6.07) is 12.9. The summed E-state index contributed by atoms with van der Waals surface area (Å²) in [7, 11) is 1.71. The van der Waals surface area contributed by atoms with Crippen molar-refractivity contribution in [2.45, 2.75) is 39.2 Å². The second kappa shape index (κ2) is 7.22. The van der Waals surface area contributed by atoms with Crippen LogP contribution < -0.4 is 15.4 Å². The molecule has 0 saturated carbocycles. The van der Waals surface area contributed by atoms with Gasteiger partial charge in [-0.25, -0.2) is 0 Å². The van der Waals surface area contributed by atoms with Crippen LogP contribution in [0.3, 0.4) is 0 Å². The molecule has 1 atom stereocenters. The molecule has 0 saturated heterocycles. The summed E-state index contributed by atoms with van der Waals surface area (Å²) in [6.07, 6.45) is 3.35. The van der Waals surface area contributed by atoms with Gasteiger partial charge in [-0.2, -0.15) is 0 Å². The van der Waals surface area contributed by atoms with E-state index in [0.29, 0.717) is 5.11 Å². The zero-order valence-corrected chi connectivity index (χ0v) is 15.3. The summed E-state index contributed by atoms with van der Waals surface area (Å²) < 4.78 is 5.34. The molecule has 24 heavy (non-hydrogen) atoms. The van der Waals surface area contributed by atoms with E-state index in [9.17, 15) is 0 Å². The summed E-state index contributed by atoms with van der Waals surface area (Å²) in [5.41, 5.74) is 6.20. The second-order valence-electron chi connectivity index (χ2n) is 6.43. The Hall–Kier alpha value is -2.07. The fourth-order valence-electron chi connectivity index (χ4n) is 3.34. The predicted octanol–water partition coefficient (Wildman–Crippen LogP) is 4.68. The van der Waals surface area contributed by atoms with Crippen molar-refractivity contribution in [1.82, 2.24) is 5.32 Å². The van der Waals surface area contributed by atoms with Crippen molar-refractivity contribution in [2.75, 3.05) is 12.4 Å². The molecule has 0 aliphatic heterocycles. The minimum absolute atomic E-state index is 0.255. The summed E-state index contributed by atoms with van der Waals surface area (Å²) >= 11 is 5.54. The molecule has 4 heteroatoms. The summed E-state index contributed by atoms with van der Waals surface area (Å²) in [4.78, 5) is 0. The van der Waals surface area contributed by atoms with Crippen LogP contribution in [0.2, 0.25) is 0 Å². The molecule has 0 bridgehead atoms. The number of thiocarbonyl (C=S) groups is 1. The number of methoxy groups -OCH3 is 1. The van der Waals surface area contributed by atoms with Crippen molar-refractivity contribution in [3.63, 3.8) is 0 Å². The third-order valence-corrected chi connectivity index (χ3v) is 4.82. The number of nitrogens with one attached hydrogen (secondary N) is 2. The van der Waals surface area contributed by atoms with Gasteiger partial charge in [0.2, 0.25) is 0 Å². The van der Waals surface area contributed by atoms with Crippen LogP contribution in [-0.4, -0.2) is 12.2 Å². The van der Waals surface area contributed by atoms with E-state index in [2.05, 4.69) is 54.8 Å². The zero-order chi connectivity index (χ0) is 17.1. The number of hydrogen-bond acceptors (Lipinski definition) is 2. The topological polar surface area (TPSA) is 33.3 Å². The maximum Gasteiger partial charge on any atom is 0.171 e. The molecule has 3 rings (SSSR count). The lowest BCUT2D eigenvalue weighted by Gasteiger charge is -2.28. The lowest BCUT2D eigenvalue weighted by atomic mass is 9.87. The van der Waals surface area contributed by atoms with Gasteiger partial charge in [-0.15, -0.1) is 0 Å². The minimum atomic E-state index is 0.255. The lowest BCUT2D eigenvalue weighted by molar-refractivity contribution is 0.412. The summed E-state index contributed by atoms with van der Waals surface area (Å²) in [5.74, 6) is 0.922. The first-order valence-corrected chi connectivity index (χ1v) is 8.79. The molecule has 2 aromatic rings. The number of fused-ring (bicyclic) bond motifs is 1. The van der Waals surface area contributed by atoms with E-state index in [4.69, 9.17) is 17.0 Å². The van der Waals surface area contributed by atoms with E-state index in [-0.39, 0.29) is 6.04 Å². The molecule has 126 valence electrons. The highest BCUT2D eigenvalue weighted by molar-refractivity contribution is 7.80. The Bertz CT molecular complexity index is 757. The van der Waals surface area contributed by atoms with Crippen LogP contribution in [0.5, 0.6) is 5.75 Å². The Morgan fingerprint density at radius 3 is 2.75 bits per heavy atom. The van der Waals surface area contributed by atoms with E-state index in [1.165, 1.54) is 22.3 Å². The number of rotatable bonds is 3. The maximum atomic E-state index is 5.54. The van der Waals surface area contributed by atoms with Crippen molar-refractivity contribution in [3.05, 3.63) is 58.7 Å². The first-order chi connectivity index (χ1) is 11.6. The fraction of sp³-hybridized carbons (Fsp3) is 0.350. The van der Waals surface area contributed by atoms with E-state index in [0.717, 1.165) is 30.7 Å². The smallest absolute Gasteiger partial charge is 0.171 e. The van der Waals surface area contributed by atoms with Crippen LogP contribution in [0, 0.1) is 13.8 Å². The number of benzene rings is 2. The van der Waals surface area contributed by atoms with Crippen LogP contribution in [0.1, 0.15) is 41.1 Å². The summed E-state index contributed by atoms with van der Waals surface area (Å²) in [6.45, 7) is 4.20. The Balaban J connectivity index is 1.71. The van der Waals surface area contributed by atoms with Crippen LogP contribution >= 0.6 is 12.2 Å². The molecule has 0 unspecified atom stereocenters. The van der Waals surface area contributed by atoms with E-state index in [1.54, 1.807) is 7.11 Å². The van der Waals surface area contributed by atoms with E-state index < -0.39 is 0 Å². The highest BCUT2D eigenvalue weighted by Crippen LogP contribution is 2.32. The lowest BCUT2D eigenvalue weighted by Crippen LogP contribution is -2.34. The molecule has 0 radical (unpaired) electrons. The van der Waals surface area contributed by atoms with E-state index in [1.807, 2.05) is 6.07 Å². The fourth-order valence-corrected chi connectivity index (χ4v) is 3.59. The summed E-state index contributed by atoms with van der Waals surface area (Å²) in [5, 5.41) is 7.49. The molecule has 0 fully saturated rings. The normalized spacial score (nSPS) is 16.2. The van der Waals surface area contributed by atoms with Crippen molar-refractivity contribution >= 4 is 23.0 Å². The zero-order valence-electron chi connectivity index (χ0n) is 14.5. The first-order valence-electron chi connectivity index (χ1n) is 8.38. The van der Waals surface area contributed by atoms with Gasteiger partial charge in [0.15, 0.2) is 5.11 Å². The minimum Gasteiger partial charge on any atom is -0.497 e. The Morgan fingerprint density at radius 1 is 1.17 bits per heavy atom. The molecule has 1 aliphatic rings. The number of hydrogen-bond donors (Lipinski definition) is 2. The number of aryl methyl sites for hydroxylation is 3. The van der Waals surface area contributed by atoms with Crippen molar-refractivity contribution in [3.8, 4) is 5.75 Å². The maximum absolute atomic E-state index is 5.54. The van der Waals surface area contributed by atoms with Crippen LogP contribution in [0.25, 0.3) is 0 Å². The highest BCUT2D eigenvalue weighted by Gasteiger charge is 2.21. The van der Waals surface area contributed by atoms with Gasteiger partial charge in [0.05, 0.1) is 13.2 Å². The van der Waals surface area contributed by atoms with Gasteiger partial charge >= 0.3 is 0 Å².